The van der Waals surface area contributed by atoms with Crippen molar-refractivity contribution in [3.8, 4) is 11.1 Å². The van der Waals surface area contributed by atoms with Crippen LogP contribution in [0.15, 0.2) is 65.7 Å². The van der Waals surface area contributed by atoms with Gasteiger partial charge in [-0.1, -0.05) is 25.1 Å². The van der Waals surface area contributed by atoms with Gasteiger partial charge in [-0.05, 0) is 50.5 Å². The fourth-order valence-electron chi connectivity index (χ4n) is 7.33. The van der Waals surface area contributed by atoms with Gasteiger partial charge in [0.1, 0.15) is 11.5 Å². The molecule has 2 aliphatic heterocycles. The Morgan fingerprint density at radius 1 is 1.00 bits per heavy atom. The van der Waals surface area contributed by atoms with Gasteiger partial charge in [0, 0.05) is 62.5 Å². The Balaban J connectivity index is 1.08. The van der Waals surface area contributed by atoms with Crippen molar-refractivity contribution in [2.24, 2.45) is 5.92 Å². The Morgan fingerprint density at radius 2 is 1.82 bits per heavy atom. The number of likely N-dealkylation sites (tertiary alicyclic amines) is 1. The first-order valence-corrected chi connectivity index (χ1v) is 17.3. The third-order valence-electron chi connectivity index (χ3n) is 9.93. The number of aromatic amines is 1. The topological polar surface area (TPSA) is 153 Å². The second kappa shape index (κ2) is 12.7. The molecule has 8 rings (SSSR count). The Hall–Kier alpha value is -5.56. The summed E-state index contributed by atoms with van der Waals surface area (Å²) < 4.78 is 2.20. The summed E-state index contributed by atoms with van der Waals surface area (Å²) in [7, 11) is 2.11. The maximum absolute atomic E-state index is 13.1. The maximum Gasteiger partial charge on any atom is 0.269 e. The van der Waals surface area contributed by atoms with Crippen molar-refractivity contribution in [2.45, 2.75) is 51.7 Å². The molecule has 5 aromatic rings. The number of para-hydroxylation sites is 1. The van der Waals surface area contributed by atoms with E-state index < -0.39 is 0 Å². The Kier molecular flexibility index (Phi) is 8.06. The van der Waals surface area contributed by atoms with E-state index in [2.05, 4.69) is 65.4 Å². The van der Waals surface area contributed by atoms with Crippen LogP contribution in [0.5, 0.6) is 0 Å². The molecule has 2 amide bonds. The average Bonchev–Trinajstić information content (AvgIpc) is 3.86. The van der Waals surface area contributed by atoms with Gasteiger partial charge in [-0.15, -0.1) is 0 Å². The van der Waals surface area contributed by atoms with Crippen molar-refractivity contribution >= 4 is 45.6 Å². The van der Waals surface area contributed by atoms with E-state index in [4.69, 9.17) is 5.10 Å². The molecule has 1 atom stereocenters. The molecular weight excluding hydrogens is 632 g/mol. The fraction of sp³-hybridized carbons (Fsp3) is 0.351. The van der Waals surface area contributed by atoms with Crippen molar-refractivity contribution in [1.82, 2.24) is 34.9 Å². The Labute approximate surface area is 289 Å². The molecule has 4 N–H and O–H groups in total. The quantitative estimate of drug-likeness (QED) is 0.161. The number of fused-ring (bicyclic) bond motifs is 4. The molecule has 2 fully saturated rings. The van der Waals surface area contributed by atoms with E-state index in [1.54, 1.807) is 24.4 Å². The predicted molar refractivity (Wildman–Crippen MR) is 193 cm³/mol. The number of rotatable bonds is 10. The van der Waals surface area contributed by atoms with Crippen molar-refractivity contribution < 1.29 is 9.59 Å². The third kappa shape index (κ3) is 5.66. The van der Waals surface area contributed by atoms with Crippen LogP contribution in [0.1, 0.15) is 67.1 Å². The highest BCUT2D eigenvalue weighted by molar-refractivity contribution is 6.01. The maximum atomic E-state index is 13.1. The molecule has 3 aliphatic rings. The number of pyridine rings is 3. The first kappa shape index (κ1) is 31.7. The summed E-state index contributed by atoms with van der Waals surface area (Å²) in [6, 6.07) is 15.5. The molecule has 13 nitrogen and oxygen atoms in total. The molecule has 13 heteroatoms. The lowest BCUT2D eigenvalue weighted by Gasteiger charge is -2.43. The number of nitrogens with zero attached hydrogens (tertiary/aromatic N) is 6. The first-order valence-electron chi connectivity index (χ1n) is 17.3. The predicted octanol–water partition coefficient (Wildman–Crippen LogP) is 4.98. The number of benzene rings is 1. The van der Waals surface area contributed by atoms with Crippen LogP contribution in [-0.4, -0.2) is 68.1 Å². The van der Waals surface area contributed by atoms with Crippen molar-refractivity contribution in [3.05, 3.63) is 88.4 Å². The van der Waals surface area contributed by atoms with E-state index in [-0.39, 0.29) is 35.4 Å². The third-order valence-corrected chi connectivity index (χ3v) is 9.93. The lowest BCUT2D eigenvalue weighted by atomic mass is 9.91. The van der Waals surface area contributed by atoms with E-state index in [9.17, 15) is 14.4 Å². The normalized spacial score (nSPS) is 17.2. The molecule has 4 aromatic heterocycles. The molecule has 1 aromatic carbocycles. The highest BCUT2D eigenvalue weighted by Gasteiger charge is 2.38. The van der Waals surface area contributed by atoms with Crippen molar-refractivity contribution in [1.29, 1.82) is 0 Å². The zero-order chi connectivity index (χ0) is 34.5. The van der Waals surface area contributed by atoms with Gasteiger partial charge in [0.15, 0.2) is 0 Å². The van der Waals surface area contributed by atoms with Crippen molar-refractivity contribution in [2.75, 3.05) is 42.2 Å². The molecule has 1 aliphatic carbocycles. The summed E-state index contributed by atoms with van der Waals surface area (Å²) in [5.74, 6) is 0.237. The van der Waals surface area contributed by atoms with Gasteiger partial charge in [-0.25, -0.2) is 9.97 Å². The molecule has 0 bridgehead atoms. The van der Waals surface area contributed by atoms with Crippen molar-refractivity contribution in [3.63, 3.8) is 0 Å². The monoisotopic (exact) mass is 672 g/mol. The minimum atomic E-state index is -0.259. The summed E-state index contributed by atoms with van der Waals surface area (Å²) >= 11 is 0. The van der Waals surface area contributed by atoms with Gasteiger partial charge in [0.25, 0.3) is 11.5 Å². The lowest BCUT2D eigenvalue weighted by molar-refractivity contribution is -0.117. The number of hydrogen-bond acceptors (Lipinski definition) is 9. The van der Waals surface area contributed by atoms with Crippen LogP contribution in [-0.2, 0) is 11.3 Å². The Morgan fingerprint density at radius 3 is 2.60 bits per heavy atom. The molecule has 50 heavy (non-hydrogen) atoms. The van der Waals surface area contributed by atoms with Crippen LogP contribution in [0, 0.1) is 5.92 Å². The Bertz CT molecular complexity index is 2180. The van der Waals surface area contributed by atoms with E-state index in [1.165, 1.54) is 5.69 Å². The number of H-pyrrole nitrogens is 1. The van der Waals surface area contributed by atoms with Crippen LogP contribution < -0.4 is 26.4 Å². The van der Waals surface area contributed by atoms with Crippen LogP contribution in [0.2, 0.25) is 0 Å². The molecule has 1 saturated heterocycles. The van der Waals surface area contributed by atoms with Crippen LogP contribution >= 0.6 is 0 Å². The SMILES string of the molecule is CCNC(=O)c1cccc(CN2CC(n3ncc4c3C(CC)N(C)c3c(Nc5cc(NC(=O)C6CC6)nc6cc[nH]c(=O)c56)cccc3-4)C2)n1. The fourth-order valence-corrected chi connectivity index (χ4v) is 7.33. The molecule has 1 unspecified atom stereocenters. The average molecular weight is 673 g/mol. The number of carbonyl (C=O) groups is 2. The van der Waals surface area contributed by atoms with Gasteiger partial charge >= 0.3 is 0 Å². The zero-order valence-corrected chi connectivity index (χ0v) is 28.4. The molecule has 6 heterocycles. The minimum absolute atomic E-state index is 0.0242. The number of carbonyl (C=O) groups excluding carboxylic acids is 2. The molecule has 0 spiro atoms. The summed E-state index contributed by atoms with van der Waals surface area (Å²) in [4.78, 5) is 54.6. The van der Waals surface area contributed by atoms with Gasteiger partial charge in [-0.3, -0.25) is 24.0 Å². The second-order valence-electron chi connectivity index (χ2n) is 13.4. The highest BCUT2D eigenvalue weighted by Crippen LogP contribution is 2.50. The highest BCUT2D eigenvalue weighted by atomic mass is 16.2. The molecule has 256 valence electrons. The van der Waals surface area contributed by atoms with E-state index >= 15 is 0 Å². The number of amides is 2. The standard InChI is InChI=1S/C37H40N10O3/c1-4-30-34-25(17-40-47(34)23-19-46(20-23)18-22-8-6-11-28(41-22)36(49)38-5-2)24-9-7-10-27(33(24)45(30)3)42-29-16-31(44-35(48)21-12-13-21)43-26-14-15-39-37(50)32(26)29/h6-11,14-17,21,23,30H,4-5,12-13,18-20H2,1-3H3,(H,38,49)(H,39,50)(H2,42,43,44,48). The molecule has 0 radical (unpaired) electrons. The number of hydrogen-bond donors (Lipinski definition) is 4. The number of anilines is 4. The number of nitrogens with one attached hydrogen (secondary N) is 4. The van der Waals surface area contributed by atoms with Gasteiger partial charge in [0.2, 0.25) is 5.91 Å². The van der Waals surface area contributed by atoms with Gasteiger partial charge < -0.3 is 25.8 Å². The zero-order valence-electron chi connectivity index (χ0n) is 28.4. The van der Waals surface area contributed by atoms with E-state index in [0.29, 0.717) is 41.2 Å². The van der Waals surface area contributed by atoms with E-state index in [0.717, 1.165) is 60.5 Å². The van der Waals surface area contributed by atoms with E-state index in [1.807, 2.05) is 37.4 Å². The summed E-state index contributed by atoms with van der Waals surface area (Å²) in [5, 5.41) is 14.7. The van der Waals surface area contributed by atoms with Crippen LogP contribution in [0.4, 0.5) is 22.9 Å². The number of aromatic nitrogens is 5. The second-order valence-corrected chi connectivity index (χ2v) is 13.4. The largest absolute Gasteiger partial charge is 0.364 e. The summed E-state index contributed by atoms with van der Waals surface area (Å²) in [6.45, 7) is 6.98. The first-order chi connectivity index (χ1) is 24.3. The molecule has 1 saturated carbocycles. The van der Waals surface area contributed by atoms with Gasteiger partial charge in [-0.2, -0.15) is 5.10 Å². The minimum Gasteiger partial charge on any atom is -0.364 e. The lowest BCUT2D eigenvalue weighted by Crippen LogP contribution is -2.48. The smallest absolute Gasteiger partial charge is 0.269 e. The summed E-state index contributed by atoms with van der Waals surface area (Å²) in [5.41, 5.74) is 7.32. The van der Waals surface area contributed by atoms with Crippen LogP contribution in [0.3, 0.4) is 0 Å². The van der Waals surface area contributed by atoms with Crippen LogP contribution in [0.25, 0.3) is 22.0 Å². The van der Waals surface area contributed by atoms with Gasteiger partial charge in [0.05, 0.1) is 57.6 Å². The summed E-state index contributed by atoms with van der Waals surface area (Å²) in [6.07, 6.45) is 6.18. The molecular formula is C37H40N10O3.